The van der Waals surface area contributed by atoms with Gasteiger partial charge in [-0.05, 0) is 28.7 Å². The average molecular weight is 548 g/mol. The molecule has 0 saturated carbocycles. The highest BCUT2D eigenvalue weighted by molar-refractivity contribution is 6.59. The monoisotopic (exact) mass is 547 g/mol. The molecule has 0 heterocycles. The molecule has 3 N–H and O–H groups in total. The second-order valence-corrected chi connectivity index (χ2v) is 7.25. The molecule has 1 aromatic carbocycles. The number of hydrogen-bond donors (Lipinski definition) is 3. The number of carbonyl (C=O) groups excluding carboxylic acids is 1. The quantitative estimate of drug-likeness (QED) is 0.256. The Labute approximate surface area is 185 Å². The van der Waals surface area contributed by atoms with Crippen molar-refractivity contribution in [2.45, 2.75) is 41.4 Å². The van der Waals surface area contributed by atoms with Crippen LogP contribution in [-0.2, 0) is 16.6 Å². The molecule has 0 fully saturated rings. The van der Waals surface area contributed by atoms with E-state index in [1.165, 1.54) is 0 Å². The second kappa shape index (κ2) is 8.57. The predicted octanol–water partition coefficient (Wildman–Crippen LogP) is 4.44. The van der Waals surface area contributed by atoms with Crippen molar-refractivity contribution in [1.29, 1.82) is 0 Å². The van der Waals surface area contributed by atoms with Crippen molar-refractivity contribution in [1.82, 2.24) is 0 Å². The SMILES string of the molecule is CC(=O)Nc1c(C(F)(F)C(F)(F)C(F)(F)Cl)ccc(B(O)O)c1C(F)(F)C(F)(F)C(F)(F)Cl. The van der Waals surface area contributed by atoms with Crippen molar-refractivity contribution < 1.29 is 67.5 Å². The first-order valence-electron chi connectivity index (χ1n) is 7.82. The Morgan fingerprint density at radius 3 is 1.55 bits per heavy atom. The minimum Gasteiger partial charge on any atom is -0.423 e. The van der Waals surface area contributed by atoms with Crippen molar-refractivity contribution in [2.75, 3.05) is 5.32 Å². The molecule has 4 nitrogen and oxygen atoms in total. The Balaban J connectivity index is 4.26. The van der Waals surface area contributed by atoms with Crippen LogP contribution < -0.4 is 10.8 Å². The first-order valence-corrected chi connectivity index (χ1v) is 8.57. The third-order valence-corrected chi connectivity index (χ3v) is 4.44. The van der Waals surface area contributed by atoms with Crippen molar-refractivity contribution >= 4 is 47.4 Å². The van der Waals surface area contributed by atoms with Crippen molar-refractivity contribution in [3.05, 3.63) is 23.3 Å². The summed E-state index contributed by atoms with van der Waals surface area (Å²) in [5.41, 5.74) is -10.2. The molecule has 0 aliphatic rings. The molecule has 19 heteroatoms. The number of alkyl halides is 14. The average Bonchev–Trinajstić information content (AvgIpc) is 2.57. The van der Waals surface area contributed by atoms with E-state index >= 15 is 0 Å². The van der Waals surface area contributed by atoms with Gasteiger partial charge < -0.3 is 15.4 Å². The van der Waals surface area contributed by atoms with Crippen LogP contribution in [0.3, 0.4) is 0 Å². The van der Waals surface area contributed by atoms with E-state index in [-0.39, 0.29) is 6.07 Å². The van der Waals surface area contributed by atoms with E-state index in [4.69, 9.17) is 10.0 Å². The maximum absolute atomic E-state index is 14.6. The molecule has 0 saturated heterocycles. The molecule has 0 aliphatic carbocycles. The molecule has 0 unspecified atom stereocenters. The minimum atomic E-state index is -6.76. The Hall–Kier alpha value is -1.59. The van der Waals surface area contributed by atoms with Gasteiger partial charge in [-0.1, -0.05) is 12.1 Å². The lowest BCUT2D eigenvalue weighted by atomic mass is 9.72. The van der Waals surface area contributed by atoms with Crippen LogP contribution in [0, 0.1) is 0 Å². The van der Waals surface area contributed by atoms with E-state index in [9.17, 15) is 57.5 Å². The Kier molecular flexibility index (Phi) is 7.65. The summed E-state index contributed by atoms with van der Waals surface area (Å²) in [6, 6.07) is -0.819. The summed E-state index contributed by atoms with van der Waals surface area (Å²) in [5.74, 6) is -28.0. The van der Waals surface area contributed by atoms with Crippen LogP contribution in [0.25, 0.3) is 0 Å². The zero-order valence-corrected chi connectivity index (χ0v) is 16.8. The molecule has 0 aromatic heterocycles. The number of amides is 1. The van der Waals surface area contributed by atoms with Gasteiger partial charge in [-0.2, -0.15) is 52.7 Å². The largest absolute Gasteiger partial charge is 0.489 e. The lowest BCUT2D eigenvalue weighted by Crippen LogP contribution is -2.54. The molecule has 0 aliphatic heterocycles. The molecule has 33 heavy (non-hydrogen) atoms. The fourth-order valence-electron chi connectivity index (χ4n) is 2.42. The van der Waals surface area contributed by atoms with E-state index in [2.05, 4.69) is 23.2 Å². The minimum absolute atomic E-state index is 0.300. The highest BCUT2D eigenvalue weighted by Crippen LogP contribution is 2.58. The first-order chi connectivity index (χ1) is 14.4. The number of nitrogens with one attached hydrogen (secondary N) is 1. The zero-order valence-electron chi connectivity index (χ0n) is 15.3. The molecule has 188 valence electrons. The van der Waals surface area contributed by atoms with Crippen LogP contribution in [0.1, 0.15) is 18.1 Å². The number of benzene rings is 1. The van der Waals surface area contributed by atoms with E-state index in [0.29, 0.717) is 6.92 Å². The fourth-order valence-corrected chi connectivity index (χ4v) is 2.66. The van der Waals surface area contributed by atoms with Gasteiger partial charge >= 0.3 is 41.6 Å². The zero-order chi connectivity index (χ0) is 26.6. The Morgan fingerprint density at radius 1 is 0.818 bits per heavy atom. The predicted molar refractivity (Wildman–Crippen MR) is 89.9 cm³/mol. The van der Waals surface area contributed by atoms with Crippen LogP contribution in [-0.4, -0.2) is 45.7 Å². The van der Waals surface area contributed by atoms with E-state index in [0.717, 1.165) is 5.32 Å². The third-order valence-electron chi connectivity index (χ3n) is 3.97. The maximum atomic E-state index is 14.6. The maximum Gasteiger partial charge on any atom is 0.489 e. The summed E-state index contributed by atoms with van der Waals surface area (Å²) in [5, 5.41) is 6.95. The van der Waals surface area contributed by atoms with Gasteiger partial charge in [-0.3, -0.25) is 4.79 Å². The number of hydrogen-bond acceptors (Lipinski definition) is 3. The summed E-state index contributed by atoms with van der Waals surface area (Å²) < 4.78 is 165. The van der Waals surface area contributed by atoms with Crippen LogP contribution in [0.15, 0.2) is 12.1 Å². The number of anilines is 1. The van der Waals surface area contributed by atoms with Gasteiger partial charge in [0, 0.05) is 6.92 Å². The van der Waals surface area contributed by atoms with Gasteiger partial charge in [0.1, 0.15) is 0 Å². The summed E-state index contributed by atoms with van der Waals surface area (Å²) in [6.45, 7) is 0.300. The number of rotatable bonds is 8. The van der Waals surface area contributed by atoms with Gasteiger partial charge in [0.25, 0.3) is 0 Å². The standard InChI is InChI=1S/C14H8BCl2F12NO3/c1-4(31)30-8-5(9(18,19)11(22,23)13(16,26)27)2-3-6(15(32)33)7(8)10(20,21)12(24,25)14(17,28)29/h2-3,32-33H,1H3,(H,30,31). The third kappa shape index (κ3) is 4.82. The molecular weight excluding hydrogens is 540 g/mol. The van der Waals surface area contributed by atoms with Crippen molar-refractivity contribution in [3.8, 4) is 0 Å². The van der Waals surface area contributed by atoms with Crippen molar-refractivity contribution in [2.24, 2.45) is 0 Å². The van der Waals surface area contributed by atoms with Crippen LogP contribution in [0.4, 0.5) is 58.4 Å². The van der Waals surface area contributed by atoms with Crippen LogP contribution in [0.2, 0.25) is 0 Å². The lowest BCUT2D eigenvalue weighted by Gasteiger charge is -2.35. The first kappa shape index (κ1) is 29.4. The Morgan fingerprint density at radius 2 is 1.21 bits per heavy atom. The highest BCUT2D eigenvalue weighted by atomic mass is 35.5. The number of halogens is 14. The molecule has 0 radical (unpaired) electrons. The van der Waals surface area contributed by atoms with E-state index in [1.54, 1.807) is 0 Å². The summed E-state index contributed by atoms with van der Waals surface area (Å²) in [4.78, 5) is 11.3. The van der Waals surface area contributed by atoms with Gasteiger partial charge in [0.2, 0.25) is 5.91 Å². The summed E-state index contributed by atoms with van der Waals surface area (Å²) in [6.07, 6.45) is 0. The van der Waals surface area contributed by atoms with Gasteiger partial charge in [0.05, 0.1) is 16.8 Å². The van der Waals surface area contributed by atoms with Crippen LogP contribution in [0.5, 0.6) is 0 Å². The molecule has 1 rings (SSSR count). The lowest BCUT2D eigenvalue weighted by molar-refractivity contribution is -0.288. The molecule has 1 amide bonds. The molecule has 0 atom stereocenters. The molecule has 0 bridgehead atoms. The fraction of sp³-hybridized carbons (Fsp3) is 0.500. The smallest absolute Gasteiger partial charge is 0.423 e. The van der Waals surface area contributed by atoms with E-state index < -0.39 is 75.8 Å². The Bertz CT molecular complexity index is 918. The van der Waals surface area contributed by atoms with Crippen molar-refractivity contribution in [3.63, 3.8) is 0 Å². The highest BCUT2D eigenvalue weighted by Gasteiger charge is 2.75. The van der Waals surface area contributed by atoms with Gasteiger partial charge in [0.15, 0.2) is 0 Å². The number of carbonyl (C=O) groups is 1. The van der Waals surface area contributed by atoms with Gasteiger partial charge in [-0.25, -0.2) is 0 Å². The summed E-state index contributed by atoms with van der Waals surface area (Å²) in [7, 11) is -3.35. The van der Waals surface area contributed by atoms with E-state index in [1.807, 2.05) is 0 Å². The molecular formula is C14H8BCl2F12NO3. The molecule has 0 spiro atoms. The molecule has 1 aromatic rings. The van der Waals surface area contributed by atoms with Gasteiger partial charge in [-0.15, -0.1) is 0 Å². The second-order valence-electron chi connectivity index (χ2n) is 6.30. The summed E-state index contributed by atoms with van der Waals surface area (Å²) >= 11 is 7.90. The topological polar surface area (TPSA) is 69.6 Å². The normalized spacial score (nSPS) is 14.3. The van der Waals surface area contributed by atoms with Crippen LogP contribution >= 0.6 is 23.2 Å².